The molecule has 0 saturated carbocycles. The van der Waals surface area contributed by atoms with Crippen LogP contribution in [0.1, 0.15) is 45.1 Å². The molecule has 0 bridgehead atoms. The van der Waals surface area contributed by atoms with Crippen LogP contribution in [-0.4, -0.2) is 36.0 Å². The quantitative estimate of drug-likeness (QED) is 0.895. The van der Waals surface area contributed by atoms with Gasteiger partial charge in [-0.2, -0.15) is 0 Å². The van der Waals surface area contributed by atoms with Gasteiger partial charge < -0.3 is 10.2 Å². The van der Waals surface area contributed by atoms with E-state index in [0.717, 1.165) is 25.9 Å². The lowest BCUT2D eigenvalue weighted by Gasteiger charge is -2.35. The van der Waals surface area contributed by atoms with Gasteiger partial charge in [0, 0.05) is 19.1 Å². The smallest absolute Gasteiger partial charge is 0.239 e. The van der Waals surface area contributed by atoms with E-state index in [1.54, 1.807) is 0 Å². The van der Waals surface area contributed by atoms with Gasteiger partial charge in [0.1, 0.15) is 0 Å². The number of amides is 1. The molecular weight excluding hydrogens is 248 g/mol. The summed E-state index contributed by atoms with van der Waals surface area (Å²) in [5.74, 6) is 0.658. The molecule has 0 aromatic heterocycles. The first-order valence-corrected chi connectivity index (χ1v) is 7.67. The van der Waals surface area contributed by atoms with Crippen molar-refractivity contribution in [1.29, 1.82) is 0 Å². The van der Waals surface area contributed by atoms with Gasteiger partial charge in [0.25, 0.3) is 0 Å². The van der Waals surface area contributed by atoms with Gasteiger partial charge in [-0.25, -0.2) is 0 Å². The second-order valence-electron chi connectivity index (χ2n) is 6.11. The molecule has 3 nitrogen and oxygen atoms in total. The van der Waals surface area contributed by atoms with Crippen molar-refractivity contribution in [3.8, 4) is 0 Å². The first kappa shape index (κ1) is 15.0. The number of likely N-dealkylation sites (tertiary alicyclic amines) is 1. The Morgan fingerprint density at radius 3 is 2.60 bits per heavy atom. The van der Waals surface area contributed by atoms with Gasteiger partial charge in [0.2, 0.25) is 5.91 Å². The van der Waals surface area contributed by atoms with Crippen molar-refractivity contribution >= 4 is 5.91 Å². The average molecular weight is 274 g/mol. The summed E-state index contributed by atoms with van der Waals surface area (Å²) in [6.07, 6.45) is 2.06. The van der Waals surface area contributed by atoms with E-state index >= 15 is 0 Å². The van der Waals surface area contributed by atoms with Crippen molar-refractivity contribution in [1.82, 2.24) is 10.2 Å². The molecule has 1 amide bonds. The standard InChI is InChI=1S/C17H26N2O/c1-13(2)18-16-10-7-11-19(17(16)20)12-14(3)15-8-5-4-6-9-15/h4-6,8-9,13-14,16,18H,7,10-12H2,1-3H3. The molecule has 1 heterocycles. The molecule has 2 rings (SSSR count). The fourth-order valence-electron chi connectivity index (χ4n) is 2.90. The van der Waals surface area contributed by atoms with Gasteiger partial charge in [0.05, 0.1) is 6.04 Å². The Morgan fingerprint density at radius 1 is 1.25 bits per heavy atom. The third kappa shape index (κ3) is 3.83. The van der Waals surface area contributed by atoms with Gasteiger partial charge >= 0.3 is 0 Å². The van der Waals surface area contributed by atoms with Crippen molar-refractivity contribution in [3.05, 3.63) is 35.9 Å². The van der Waals surface area contributed by atoms with E-state index in [1.807, 2.05) is 11.0 Å². The zero-order valence-corrected chi connectivity index (χ0v) is 12.8. The molecule has 1 N–H and O–H groups in total. The predicted molar refractivity (Wildman–Crippen MR) is 82.7 cm³/mol. The number of hydrogen-bond donors (Lipinski definition) is 1. The topological polar surface area (TPSA) is 32.3 Å². The Balaban J connectivity index is 1.96. The molecule has 2 atom stereocenters. The second-order valence-corrected chi connectivity index (χ2v) is 6.11. The predicted octanol–water partition coefficient (Wildman–Crippen LogP) is 2.78. The third-order valence-corrected chi connectivity index (χ3v) is 3.93. The highest BCUT2D eigenvalue weighted by Gasteiger charge is 2.29. The molecule has 1 aromatic carbocycles. The van der Waals surface area contributed by atoms with Crippen LogP contribution in [0.5, 0.6) is 0 Å². The van der Waals surface area contributed by atoms with Gasteiger partial charge in [-0.05, 0) is 24.3 Å². The summed E-state index contributed by atoms with van der Waals surface area (Å²) in [5, 5.41) is 3.38. The lowest BCUT2D eigenvalue weighted by Crippen LogP contribution is -2.53. The highest BCUT2D eigenvalue weighted by atomic mass is 16.2. The minimum absolute atomic E-state index is 0.00623. The molecule has 0 aliphatic carbocycles. The summed E-state index contributed by atoms with van der Waals surface area (Å²) in [4.78, 5) is 14.5. The lowest BCUT2D eigenvalue weighted by atomic mass is 9.98. The number of nitrogens with one attached hydrogen (secondary N) is 1. The molecule has 0 spiro atoms. The summed E-state index contributed by atoms with van der Waals surface area (Å²) in [6, 6.07) is 10.8. The zero-order chi connectivity index (χ0) is 14.5. The Morgan fingerprint density at radius 2 is 1.95 bits per heavy atom. The summed E-state index contributed by atoms with van der Waals surface area (Å²) in [6.45, 7) is 8.10. The van der Waals surface area contributed by atoms with E-state index < -0.39 is 0 Å². The molecule has 1 fully saturated rings. The number of piperidine rings is 1. The molecule has 0 radical (unpaired) electrons. The SMILES string of the molecule is CC(C)NC1CCCN(CC(C)c2ccccc2)C1=O. The zero-order valence-electron chi connectivity index (χ0n) is 12.8. The van der Waals surface area contributed by atoms with Gasteiger partial charge in [0.15, 0.2) is 0 Å². The van der Waals surface area contributed by atoms with Crippen molar-refractivity contribution in [3.63, 3.8) is 0 Å². The third-order valence-electron chi connectivity index (χ3n) is 3.93. The van der Waals surface area contributed by atoms with Crippen LogP contribution in [0.2, 0.25) is 0 Å². The van der Waals surface area contributed by atoms with Crippen LogP contribution in [0.25, 0.3) is 0 Å². The van der Waals surface area contributed by atoms with Crippen molar-refractivity contribution in [2.75, 3.05) is 13.1 Å². The van der Waals surface area contributed by atoms with E-state index in [4.69, 9.17) is 0 Å². The van der Waals surface area contributed by atoms with Crippen LogP contribution < -0.4 is 5.32 Å². The summed E-state index contributed by atoms with van der Waals surface area (Å²) in [5.41, 5.74) is 1.30. The van der Waals surface area contributed by atoms with Crippen molar-refractivity contribution in [2.45, 2.75) is 51.6 Å². The van der Waals surface area contributed by atoms with Crippen LogP contribution in [0.15, 0.2) is 30.3 Å². The highest BCUT2D eigenvalue weighted by molar-refractivity contribution is 5.82. The van der Waals surface area contributed by atoms with Gasteiger partial charge in [-0.1, -0.05) is 51.1 Å². The molecule has 1 aromatic rings. The maximum atomic E-state index is 12.5. The molecule has 1 saturated heterocycles. The van der Waals surface area contributed by atoms with Gasteiger partial charge in [-0.3, -0.25) is 4.79 Å². The van der Waals surface area contributed by atoms with E-state index in [9.17, 15) is 4.79 Å². The van der Waals surface area contributed by atoms with Crippen LogP contribution in [0.3, 0.4) is 0 Å². The van der Waals surface area contributed by atoms with Crippen LogP contribution in [-0.2, 0) is 4.79 Å². The fourth-order valence-corrected chi connectivity index (χ4v) is 2.90. The van der Waals surface area contributed by atoms with Crippen LogP contribution in [0.4, 0.5) is 0 Å². The van der Waals surface area contributed by atoms with E-state index in [-0.39, 0.29) is 11.9 Å². The largest absolute Gasteiger partial charge is 0.341 e. The van der Waals surface area contributed by atoms with E-state index in [1.165, 1.54) is 5.56 Å². The molecule has 1 aliphatic rings. The summed E-state index contributed by atoms with van der Waals surface area (Å²) in [7, 11) is 0. The number of rotatable bonds is 5. The first-order valence-electron chi connectivity index (χ1n) is 7.67. The van der Waals surface area contributed by atoms with Crippen LogP contribution in [0, 0.1) is 0 Å². The molecule has 3 heteroatoms. The molecule has 110 valence electrons. The van der Waals surface area contributed by atoms with Crippen molar-refractivity contribution in [2.24, 2.45) is 0 Å². The number of nitrogens with zero attached hydrogens (tertiary/aromatic N) is 1. The van der Waals surface area contributed by atoms with Crippen LogP contribution >= 0.6 is 0 Å². The fraction of sp³-hybridized carbons (Fsp3) is 0.588. The van der Waals surface area contributed by atoms with E-state index in [2.05, 4.69) is 50.4 Å². The number of carbonyl (C=O) groups is 1. The molecular formula is C17H26N2O. The average Bonchev–Trinajstić information content (AvgIpc) is 2.43. The lowest BCUT2D eigenvalue weighted by molar-refractivity contribution is -0.136. The second kappa shape index (κ2) is 6.89. The molecule has 20 heavy (non-hydrogen) atoms. The van der Waals surface area contributed by atoms with E-state index in [0.29, 0.717) is 12.0 Å². The summed E-state index contributed by atoms with van der Waals surface area (Å²) < 4.78 is 0. The first-order chi connectivity index (χ1) is 9.58. The monoisotopic (exact) mass is 274 g/mol. The Bertz CT molecular complexity index is 430. The minimum atomic E-state index is 0.00623. The molecule has 2 unspecified atom stereocenters. The number of carbonyl (C=O) groups excluding carboxylic acids is 1. The number of hydrogen-bond acceptors (Lipinski definition) is 2. The number of benzene rings is 1. The maximum absolute atomic E-state index is 12.5. The Hall–Kier alpha value is -1.35. The minimum Gasteiger partial charge on any atom is -0.341 e. The summed E-state index contributed by atoms with van der Waals surface area (Å²) >= 11 is 0. The highest BCUT2D eigenvalue weighted by Crippen LogP contribution is 2.20. The normalized spacial score (nSPS) is 21.3. The Kier molecular flexibility index (Phi) is 5.18. The van der Waals surface area contributed by atoms with Crippen molar-refractivity contribution < 1.29 is 4.79 Å². The molecule has 1 aliphatic heterocycles. The maximum Gasteiger partial charge on any atom is 0.239 e. The van der Waals surface area contributed by atoms with Gasteiger partial charge in [-0.15, -0.1) is 0 Å². The Labute approximate surface area is 122 Å².